The van der Waals surface area contributed by atoms with Crippen molar-refractivity contribution in [3.05, 3.63) is 224 Å². The molecule has 16 rings (SSSR count). The topological polar surface area (TPSA) is 61.7 Å². The molecule has 5 heterocycles. The van der Waals surface area contributed by atoms with Crippen molar-refractivity contribution in [3.63, 3.8) is 0 Å². The Morgan fingerprint density at radius 3 is 1.83 bits per heavy atom. The second kappa shape index (κ2) is 15.0. The van der Waals surface area contributed by atoms with E-state index in [0.29, 0.717) is 17.5 Å². The Balaban J connectivity index is 1.08. The summed E-state index contributed by atoms with van der Waals surface area (Å²) in [6.07, 6.45) is 0. The molecule has 16 aromatic rings. The first-order valence-corrected chi connectivity index (χ1v) is 25.1. The molecule has 0 unspecified atom stereocenters. The maximum Gasteiger partial charge on any atom is 0.166 e. The van der Waals surface area contributed by atoms with E-state index in [9.17, 15) is 0 Å². The molecule has 0 amide bonds. The van der Waals surface area contributed by atoms with Gasteiger partial charge in [0.2, 0.25) is 0 Å². The van der Waals surface area contributed by atoms with Gasteiger partial charge in [-0.1, -0.05) is 152 Å². The largest absolute Gasteiger partial charge is 0.456 e. The molecule has 0 spiro atoms. The molecule has 0 atom stereocenters. The zero-order valence-corrected chi connectivity index (χ0v) is 39.2. The van der Waals surface area contributed by atoms with Crippen molar-refractivity contribution < 1.29 is 4.42 Å². The molecule has 0 aliphatic heterocycles. The van der Waals surface area contributed by atoms with Crippen LogP contribution in [0.15, 0.2) is 229 Å². The van der Waals surface area contributed by atoms with Crippen LogP contribution in [0.4, 0.5) is 0 Å². The number of hydrogen-bond acceptors (Lipinski definition) is 5. The average molecular weight is 936 g/mol. The predicted molar refractivity (Wildman–Crippen MR) is 300 cm³/mol. The molecular weight excluding hydrogens is 899 g/mol. The summed E-state index contributed by atoms with van der Waals surface area (Å²) in [6, 6.07) is 80.1. The van der Waals surface area contributed by atoms with Crippen LogP contribution < -0.4 is 0 Å². The van der Waals surface area contributed by atoms with Crippen molar-refractivity contribution in [1.82, 2.24) is 24.1 Å². The SMILES string of the molecule is c1ccc(-n2c3ccccc3c3cccc(-c4nc(-c5ccc6oc7ccccc7c6c5-n5c6cc7ccccc7cc6c6c7ccccc7ccc65)nc(-c5cccc6c5sc5ccccc56)n4)c32)cc1. The molecule has 0 saturated carbocycles. The number of aromatic nitrogens is 5. The van der Waals surface area contributed by atoms with E-state index in [0.717, 1.165) is 92.9 Å². The van der Waals surface area contributed by atoms with Crippen molar-refractivity contribution in [2.24, 2.45) is 0 Å². The maximum absolute atomic E-state index is 6.77. The second-order valence-corrected chi connectivity index (χ2v) is 19.7. The third-order valence-corrected chi connectivity index (χ3v) is 16.0. The van der Waals surface area contributed by atoms with Gasteiger partial charge in [-0.25, -0.2) is 15.0 Å². The minimum absolute atomic E-state index is 0.561. The number of benzene rings is 11. The Labute approximate surface area is 414 Å². The van der Waals surface area contributed by atoms with Crippen LogP contribution in [-0.4, -0.2) is 24.1 Å². The number of thiophene rings is 1. The summed E-state index contributed by atoms with van der Waals surface area (Å²) >= 11 is 1.78. The van der Waals surface area contributed by atoms with E-state index in [1.807, 2.05) is 6.07 Å². The van der Waals surface area contributed by atoms with Gasteiger partial charge in [0.25, 0.3) is 0 Å². The Bertz CT molecular complexity index is 4940. The van der Waals surface area contributed by atoms with Crippen LogP contribution in [0, 0.1) is 0 Å². The summed E-state index contributed by atoms with van der Waals surface area (Å²) in [5.41, 5.74) is 10.7. The highest BCUT2D eigenvalue weighted by molar-refractivity contribution is 7.26. The van der Waals surface area contributed by atoms with Gasteiger partial charge in [-0.05, 0) is 94.3 Å². The van der Waals surface area contributed by atoms with Crippen LogP contribution in [-0.2, 0) is 0 Å². The monoisotopic (exact) mass is 935 g/mol. The summed E-state index contributed by atoms with van der Waals surface area (Å²) in [6.45, 7) is 0. The van der Waals surface area contributed by atoms with Crippen molar-refractivity contribution >= 4 is 119 Å². The molecule has 0 bridgehead atoms. The van der Waals surface area contributed by atoms with Crippen LogP contribution in [0.1, 0.15) is 0 Å². The van der Waals surface area contributed by atoms with Gasteiger partial charge in [0.05, 0.1) is 33.1 Å². The second-order valence-electron chi connectivity index (χ2n) is 18.6. The van der Waals surface area contributed by atoms with E-state index in [1.54, 1.807) is 11.3 Å². The van der Waals surface area contributed by atoms with Crippen molar-refractivity contribution in [2.75, 3.05) is 0 Å². The lowest BCUT2D eigenvalue weighted by Gasteiger charge is -2.17. The number of furan rings is 1. The minimum atomic E-state index is 0.561. The molecule has 0 fully saturated rings. The fourth-order valence-electron chi connectivity index (χ4n) is 11.6. The summed E-state index contributed by atoms with van der Waals surface area (Å²) in [7, 11) is 0. The van der Waals surface area contributed by atoms with Crippen LogP contribution in [0.25, 0.3) is 153 Å². The Morgan fingerprint density at radius 2 is 0.986 bits per heavy atom. The first-order chi connectivity index (χ1) is 35.7. The average Bonchev–Trinajstić information content (AvgIpc) is 4.20. The van der Waals surface area contributed by atoms with Gasteiger partial charge >= 0.3 is 0 Å². The van der Waals surface area contributed by atoms with Gasteiger partial charge in [0.1, 0.15) is 11.2 Å². The molecule has 0 aliphatic rings. The number of para-hydroxylation sites is 4. The lowest BCUT2D eigenvalue weighted by molar-refractivity contribution is 0.669. The highest BCUT2D eigenvalue weighted by Crippen LogP contribution is 2.47. The molecular formula is C65H37N5OS. The van der Waals surface area contributed by atoms with Crippen molar-refractivity contribution in [1.29, 1.82) is 0 Å². The standard InChI is InChI=1S/C65H37N5OS/c1-2-19-41(20-3-1)69-52-29-11-8-22-43(52)45-25-14-27-48(60(45)69)63-66-64(68-65(67-63)50-28-15-26-46-44-23-10-13-31-57(44)72-62(46)50)49-33-35-56-59(47-24-9-12-30-55(47)71-56)61(49)70-53-34-32-38-16-6-7-21-42(38)58(53)51-36-39-17-4-5-18-40(39)37-54(51)70/h1-37H. The molecule has 11 aromatic carbocycles. The van der Waals surface area contributed by atoms with E-state index < -0.39 is 0 Å². The summed E-state index contributed by atoms with van der Waals surface area (Å²) in [5, 5.41) is 13.8. The molecule has 0 saturated heterocycles. The van der Waals surface area contributed by atoms with Gasteiger partial charge in [-0.2, -0.15) is 0 Å². The number of rotatable bonds is 5. The quantitative estimate of drug-likeness (QED) is 0.172. The summed E-state index contributed by atoms with van der Waals surface area (Å²) < 4.78 is 13.9. The highest BCUT2D eigenvalue weighted by Gasteiger charge is 2.27. The van der Waals surface area contributed by atoms with E-state index >= 15 is 0 Å². The summed E-state index contributed by atoms with van der Waals surface area (Å²) in [5.74, 6) is 1.75. The fourth-order valence-corrected chi connectivity index (χ4v) is 12.8. The van der Waals surface area contributed by atoms with Crippen LogP contribution in [0.2, 0.25) is 0 Å². The van der Waals surface area contributed by atoms with E-state index in [-0.39, 0.29) is 0 Å². The van der Waals surface area contributed by atoms with Gasteiger partial charge in [0.15, 0.2) is 17.5 Å². The van der Waals surface area contributed by atoms with Gasteiger partial charge < -0.3 is 13.6 Å². The molecule has 0 N–H and O–H groups in total. The Morgan fingerprint density at radius 1 is 0.347 bits per heavy atom. The Hall–Kier alpha value is -9.43. The van der Waals surface area contributed by atoms with Crippen molar-refractivity contribution in [2.45, 2.75) is 0 Å². The zero-order valence-electron chi connectivity index (χ0n) is 38.4. The highest BCUT2D eigenvalue weighted by atomic mass is 32.1. The molecule has 5 aromatic heterocycles. The fraction of sp³-hybridized carbons (Fsp3) is 0. The number of hydrogen-bond donors (Lipinski definition) is 0. The molecule has 72 heavy (non-hydrogen) atoms. The van der Waals surface area contributed by atoms with Crippen LogP contribution >= 0.6 is 11.3 Å². The van der Waals surface area contributed by atoms with Crippen LogP contribution in [0.3, 0.4) is 0 Å². The minimum Gasteiger partial charge on any atom is -0.456 e. The van der Waals surface area contributed by atoms with Gasteiger partial charge in [0, 0.05) is 69.5 Å². The summed E-state index contributed by atoms with van der Waals surface area (Å²) in [4.78, 5) is 16.9. The lowest BCUT2D eigenvalue weighted by atomic mass is 10.0. The Kier molecular flexibility index (Phi) is 8.23. The molecule has 0 radical (unpaired) electrons. The van der Waals surface area contributed by atoms with Crippen LogP contribution in [0.5, 0.6) is 0 Å². The molecule has 7 heteroatoms. The number of fused-ring (bicyclic) bond motifs is 15. The van der Waals surface area contributed by atoms with E-state index in [4.69, 9.17) is 19.4 Å². The zero-order chi connectivity index (χ0) is 47.0. The van der Waals surface area contributed by atoms with E-state index in [1.165, 1.54) is 42.4 Å². The normalized spacial score (nSPS) is 12.2. The number of nitrogens with zero attached hydrogens (tertiary/aromatic N) is 5. The third-order valence-electron chi connectivity index (χ3n) is 14.7. The smallest absolute Gasteiger partial charge is 0.166 e. The molecule has 6 nitrogen and oxygen atoms in total. The third kappa shape index (κ3) is 5.62. The van der Waals surface area contributed by atoms with Gasteiger partial charge in [-0.15, -0.1) is 11.3 Å². The van der Waals surface area contributed by atoms with Gasteiger partial charge in [-0.3, -0.25) is 0 Å². The molecule has 0 aliphatic carbocycles. The lowest BCUT2D eigenvalue weighted by Crippen LogP contribution is -2.05. The first-order valence-electron chi connectivity index (χ1n) is 24.3. The predicted octanol–water partition coefficient (Wildman–Crippen LogP) is 17.6. The molecule has 334 valence electrons. The van der Waals surface area contributed by atoms with E-state index in [2.05, 4.69) is 228 Å². The maximum atomic E-state index is 6.77. The van der Waals surface area contributed by atoms with Crippen molar-refractivity contribution in [3.8, 4) is 45.5 Å². The first kappa shape index (κ1) is 39.4.